The number of halogens is 1. The zero-order chi connectivity index (χ0) is 18.4. The third-order valence-electron chi connectivity index (χ3n) is 6.84. The molecule has 4 aliphatic carbocycles. The number of hydrogen-bond acceptors (Lipinski definition) is 2. The molecule has 4 nitrogen and oxygen atoms in total. The summed E-state index contributed by atoms with van der Waals surface area (Å²) in [6.07, 6.45) is 10.3. The Morgan fingerprint density at radius 3 is 2.52 bits per heavy atom. The summed E-state index contributed by atoms with van der Waals surface area (Å²) < 4.78 is 15.0. The van der Waals surface area contributed by atoms with Crippen molar-refractivity contribution < 1.29 is 9.18 Å². The maximum atomic E-state index is 13.3. The fourth-order valence-electron chi connectivity index (χ4n) is 6.37. The van der Waals surface area contributed by atoms with Crippen LogP contribution in [0.3, 0.4) is 0 Å². The summed E-state index contributed by atoms with van der Waals surface area (Å²) in [6, 6.07) is 8.32. The molecule has 1 heterocycles. The van der Waals surface area contributed by atoms with Gasteiger partial charge in [-0.3, -0.25) is 9.48 Å². The summed E-state index contributed by atoms with van der Waals surface area (Å²) in [6.45, 7) is 0.489. The van der Waals surface area contributed by atoms with E-state index in [0.29, 0.717) is 18.8 Å². The summed E-state index contributed by atoms with van der Waals surface area (Å²) in [5, 5.41) is 7.42. The number of nitrogens with zero attached hydrogens (tertiary/aromatic N) is 2. The molecule has 0 spiro atoms. The molecule has 142 valence electrons. The molecular formula is C22H26FN3O. The highest BCUT2D eigenvalue weighted by molar-refractivity contribution is 5.90. The van der Waals surface area contributed by atoms with Crippen LogP contribution in [0.1, 0.15) is 50.5 Å². The zero-order valence-electron chi connectivity index (χ0n) is 15.5. The lowest BCUT2D eigenvalue weighted by Crippen LogP contribution is -2.47. The number of aromatic nitrogens is 2. The summed E-state index contributed by atoms with van der Waals surface area (Å²) in [4.78, 5) is 12.7. The van der Waals surface area contributed by atoms with Gasteiger partial charge in [0.25, 0.3) is 0 Å². The zero-order valence-corrected chi connectivity index (χ0v) is 15.5. The fraction of sp³-hybridized carbons (Fsp3) is 0.545. The maximum Gasteiger partial charge on any atom is 0.226 e. The van der Waals surface area contributed by atoms with E-state index in [1.807, 2.05) is 18.3 Å². The van der Waals surface area contributed by atoms with Crippen LogP contribution in [0.2, 0.25) is 0 Å². The van der Waals surface area contributed by atoms with Crippen LogP contribution in [-0.4, -0.2) is 15.7 Å². The molecule has 4 bridgehead atoms. The maximum absolute atomic E-state index is 13.3. The molecule has 4 saturated carbocycles. The minimum Gasteiger partial charge on any atom is -0.309 e. The second kappa shape index (κ2) is 6.47. The highest BCUT2D eigenvalue weighted by Crippen LogP contribution is 2.61. The van der Waals surface area contributed by atoms with Crippen LogP contribution in [-0.2, 0) is 11.3 Å². The Balaban J connectivity index is 1.21. The third kappa shape index (κ3) is 3.52. The predicted octanol–water partition coefficient (Wildman–Crippen LogP) is 4.62. The molecule has 6 rings (SSSR count). The molecule has 4 aliphatic rings. The van der Waals surface area contributed by atoms with Crippen molar-refractivity contribution in [1.29, 1.82) is 0 Å². The first-order chi connectivity index (χ1) is 13.1. The Labute approximate surface area is 159 Å². The molecule has 1 N–H and O–H groups in total. The topological polar surface area (TPSA) is 46.9 Å². The van der Waals surface area contributed by atoms with Crippen LogP contribution in [0.15, 0.2) is 36.5 Å². The lowest BCUT2D eigenvalue weighted by atomic mass is 9.49. The molecule has 1 aromatic heterocycles. The van der Waals surface area contributed by atoms with Gasteiger partial charge in [0.1, 0.15) is 5.82 Å². The van der Waals surface area contributed by atoms with E-state index >= 15 is 0 Å². The van der Waals surface area contributed by atoms with Crippen LogP contribution in [0.25, 0.3) is 0 Å². The second-order valence-electron chi connectivity index (χ2n) is 9.17. The first-order valence-electron chi connectivity index (χ1n) is 10.1. The minimum atomic E-state index is -0.247. The number of hydrogen-bond donors (Lipinski definition) is 1. The van der Waals surface area contributed by atoms with E-state index in [1.54, 1.807) is 10.7 Å². The Kier molecular flexibility index (Phi) is 4.06. The SMILES string of the molecule is O=C(CC12CC3CC(CC(C3)C1)C2)Nc1ccn(Cc2cccc(F)c2)n1. The van der Waals surface area contributed by atoms with E-state index in [2.05, 4.69) is 10.4 Å². The molecular weight excluding hydrogens is 341 g/mol. The Morgan fingerprint density at radius 2 is 1.85 bits per heavy atom. The number of amides is 1. The van der Waals surface area contributed by atoms with E-state index in [9.17, 15) is 9.18 Å². The first-order valence-corrected chi connectivity index (χ1v) is 10.1. The van der Waals surface area contributed by atoms with E-state index in [1.165, 1.54) is 50.7 Å². The van der Waals surface area contributed by atoms with Crippen LogP contribution in [0, 0.1) is 29.0 Å². The fourth-order valence-corrected chi connectivity index (χ4v) is 6.37. The van der Waals surface area contributed by atoms with Crippen molar-refractivity contribution in [3.05, 3.63) is 47.9 Å². The lowest BCUT2D eigenvalue weighted by molar-refractivity contribution is -0.124. The molecule has 1 amide bonds. The molecule has 0 aliphatic heterocycles. The molecule has 4 fully saturated rings. The highest BCUT2D eigenvalue weighted by Gasteiger charge is 2.51. The Morgan fingerprint density at radius 1 is 1.15 bits per heavy atom. The molecule has 0 radical (unpaired) electrons. The molecule has 2 aromatic rings. The molecule has 0 saturated heterocycles. The van der Waals surface area contributed by atoms with Gasteiger partial charge in [0.2, 0.25) is 5.91 Å². The van der Waals surface area contributed by atoms with Gasteiger partial charge < -0.3 is 5.32 Å². The van der Waals surface area contributed by atoms with Crippen LogP contribution in [0.5, 0.6) is 0 Å². The molecule has 5 heteroatoms. The number of anilines is 1. The summed E-state index contributed by atoms with van der Waals surface area (Å²) in [5.74, 6) is 3.00. The van der Waals surface area contributed by atoms with E-state index < -0.39 is 0 Å². The van der Waals surface area contributed by atoms with Crippen molar-refractivity contribution in [2.45, 2.75) is 51.5 Å². The van der Waals surface area contributed by atoms with Crippen LogP contribution in [0.4, 0.5) is 10.2 Å². The molecule has 0 unspecified atom stereocenters. The van der Waals surface area contributed by atoms with Gasteiger partial charge >= 0.3 is 0 Å². The third-order valence-corrected chi connectivity index (χ3v) is 6.84. The van der Waals surface area contributed by atoms with Gasteiger partial charge in [0.15, 0.2) is 5.82 Å². The average molecular weight is 367 g/mol. The Bertz CT molecular complexity index is 823. The number of carbonyl (C=O) groups excluding carboxylic acids is 1. The van der Waals surface area contributed by atoms with E-state index in [-0.39, 0.29) is 17.1 Å². The summed E-state index contributed by atoms with van der Waals surface area (Å²) in [5.41, 5.74) is 1.09. The van der Waals surface area contributed by atoms with Gasteiger partial charge in [-0.25, -0.2) is 4.39 Å². The number of rotatable bonds is 5. The second-order valence-corrected chi connectivity index (χ2v) is 9.17. The average Bonchev–Trinajstić information content (AvgIpc) is 2.99. The first kappa shape index (κ1) is 17.0. The number of benzene rings is 1. The van der Waals surface area contributed by atoms with Gasteiger partial charge in [0, 0.05) is 18.7 Å². The van der Waals surface area contributed by atoms with Gasteiger partial charge in [0.05, 0.1) is 6.54 Å². The molecule has 0 atom stereocenters. The largest absolute Gasteiger partial charge is 0.309 e. The molecule has 1 aromatic carbocycles. The van der Waals surface area contributed by atoms with Crippen molar-refractivity contribution in [1.82, 2.24) is 9.78 Å². The number of nitrogens with one attached hydrogen (secondary N) is 1. The monoisotopic (exact) mass is 367 g/mol. The highest BCUT2D eigenvalue weighted by atomic mass is 19.1. The van der Waals surface area contributed by atoms with Crippen molar-refractivity contribution in [2.24, 2.45) is 23.2 Å². The lowest BCUT2D eigenvalue weighted by Gasteiger charge is -2.56. The quantitative estimate of drug-likeness (QED) is 0.838. The smallest absolute Gasteiger partial charge is 0.226 e. The molecule has 27 heavy (non-hydrogen) atoms. The summed E-state index contributed by atoms with van der Waals surface area (Å²) >= 11 is 0. The van der Waals surface area contributed by atoms with Crippen molar-refractivity contribution in [3.8, 4) is 0 Å². The van der Waals surface area contributed by atoms with Crippen LogP contribution >= 0.6 is 0 Å². The van der Waals surface area contributed by atoms with Crippen molar-refractivity contribution >= 4 is 11.7 Å². The Hall–Kier alpha value is -2.17. The van der Waals surface area contributed by atoms with E-state index in [4.69, 9.17) is 0 Å². The predicted molar refractivity (Wildman–Crippen MR) is 102 cm³/mol. The van der Waals surface area contributed by atoms with Gasteiger partial charge in [-0.05, 0) is 79.4 Å². The van der Waals surface area contributed by atoms with Gasteiger partial charge in [-0.1, -0.05) is 12.1 Å². The standard InChI is InChI=1S/C22H26FN3O/c23-19-3-1-2-15(9-19)14-26-5-4-20(25-26)24-21(27)13-22-10-16-6-17(11-22)8-18(7-16)12-22/h1-5,9,16-18H,6-8,10-14H2,(H,24,25,27). The minimum absolute atomic E-state index is 0.0907. The summed E-state index contributed by atoms with van der Waals surface area (Å²) in [7, 11) is 0. The van der Waals surface area contributed by atoms with E-state index in [0.717, 1.165) is 23.3 Å². The van der Waals surface area contributed by atoms with Gasteiger partial charge in [-0.2, -0.15) is 5.10 Å². The van der Waals surface area contributed by atoms with Crippen molar-refractivity contribution in [3.63, 3.8) is 0 Å². The van der Waals surface area contributed by atoms with Crippen molar-refractivity contribution in [2.75, 3.05) is 5.32 Å². The van der Waals surface area contributed by atoms with Gasteiger partial charge in [-0.15, -0.1) is 0 Å². The normalized spacial score (nSPS) is 31.2. The number of carbonyl (C=O) groups is 1. The van der Waals surface area contributed by atoms with Crippen LogP contribution < -0.4 is 5.32 Å².